The van der Waals surface area contributed by atoms with Gasteiger partial charge in [0.05, 0.1) is 0 Å². The first-order valence-electron chi connectivity index (χ1n) is 32.3. The summed E-state index contributed by atoms with van der Waals surface area (Å²) in [4.78, 5) is 38.2. The summed E-state index contributed by atoms with van der Waals surface area (Å²) < 4.78 is 16.9. The maximum Gasteiger partial charge on any atom is 0.306 e. The second kappa shape index (κ2) is 57.7. The van der Waals surface area contributed by atoms with Gasteiger partial charge in [0.15, 0.2) is 6.10 Å². The highest BCUT2D eigenvalue weighted by Gasteiger charge is 2.19. The van der Waals surface area contributed by atoms with E-state index in [-0.39, 0.29) is 31.1 Å². The number of hydrogen-bond acceptors (Lipinski definition) is 6. The second-order valence-corrected chi connectivity index (χ2v) is 23.1. The highest BCUT2D eigenvalue weighted by Crippen LogP contribution is 2.19. The molecule has 0 aliphatic heterocycles. The van der Waals surface area contributed by atoms with Crippen molar-refractivity contribution in [3.8, 4) is 0 Å². The molecule has 0 aliphatic carbocycles. The first-order valence-corrected chi connectivity index (χ1v) is 32.3. The minimum atomic E-state index is -0.763. The van der Waals surface area contributed by atoms with E-state index >= 15 is 0 Å². The van der Waals surface area contributed by atoms with Gasteiger partial charge in [-0.2, -0.15) is 0 Å². The van der Waals surface area contributed by atoms with E-state index < -0.39 is 6.10 Å². The van der Waals surface area contributed by atoms with Crippen LogP contribution in [0.25, 0.3) is 0 Å². The zero-order valence-electron chi connectivity index (χ0n) is 48.9. The van der Waals surface area contributed by atoms with Gasteiger partial charge < -0.3 is 14.2 Å². The van der Waals surface area contributed by atoms with Gasteiger partial charge in [0.1, 0.15) is 13.2 Å². The Morgan fingerprint density at radius 3 is 0.803 bits per heavy atom. The zero-order valence-corrected chi connectivity index (χ0v) is 48.9. The number of carbonyl (C=O) groups excluding carboxylic acids is 3. The number of hydrogen-bond donors (Lipinski definition) is 0. The van der Waals surface area contributed by atoms with Gasteiger partial charge in [-0.1, -0.05) is 330 Å². The summed E-state index contributed by atoms with van der Waals surface area (Å²) in [6, 6.07) is 0. The monoisotopic (exact) mass is 1000 g/mol. The van der Waals surface area contributed by atoms with E-state index in [2.05, 4.69) is 34.6 Å². The van der Waals surface area contributed by atoms with Crippen LogP contribution >= 0.6 is 0 Å². The first kappa shape index (κ1) is 69.4. The highest BCUT2D eigenvalue weighted by atomic mass is 16.6. The molecule has 0 aromatic rings. The fourth-order valence-electron chi connectivity index (χ4n) is 10.1. The summed E-state index contributed by atoms with van der Waals surface area (Å²) in [6.45, 7) is 11.5. The van der Waals surface area contributed by atoms with Crippen LogP contribution in [0.4, 0.5) is 0 Å². The van der Waals surface area contributed by atoms with Crippen molar-refractivity contribution in [1.82, 2.24) is 0 Å². The molecule has 0 fully saturated rings. The van der Waals surface area contributed by atoms with Gasteiger partial charge in [-0.25, -0.2) is 0 Å². The molecular formula is C65H126O6. The van der Waals surface area contributed by atoms with Crippen LogP contribution in [0.3, 0.4) is 0 Å². The lowest BCUT2D eigenvalue weighted by atomic mass is 9.99. The van der Waals surface area contributed by atoms with Gasteiger partial charge in [0, 0.05) is 19.3 Å². The van der Waals surface area contributed by atoms with Crippen molar-refractivity contribution in [1.29, 1.82) is 0 Å². The molecule has 0 N–H and O–H groups in total. The molecule has 0 saturated heterocycles. The Morgan fingerprint density at radius 1 is 0.296 bits per heavy atom. The summed E-state index contributed by atoms with van der Waals surface area (Å²) >= 11 is 0. The van der Waals surface area contributed by atoms with E-state index in [1.165, 1.54) is 257 Å². The third kappa shape index (κ3) is 57.5. The minimum absolute atomic E-state index is 0.0619. The third-order valence-electron chi connectivity index (χ3n) is 15.3. The first-order chi connectivity index (χ1) is 34.8. The lowest BCUT2D eigenvalue weighted by Gasteiger charge is -2.18. The average molecular weight is 1000 g/mol. The third-order valence-corrected chi connectivity index (χ3v) is 15.3. The maximum absolute atomic E-state index is 12.9. The van der Waals surface area contributed by atoms with Crippen LogP contribution in [-0.4, -0.2) is 37.2 Å². The van der Waals surface area contributed by atoms with Gasteiger partial charge in [-0.15, -0.1) is 0 Å². The van der Waals surface area contributed by atoms with Gasteiger partial charge in [0.25, 0.3) is 0 Å². The Hall–Kier alpha value is -1.59. The molecule has 71 heavy (non-hydrogen) atoms. The fraction of sp³-hybridized carbons (Fsp3) is 0.954. The van der Waals surface area contributed by atoms with Crippen LogP contribution in [0.5, 0.6) is 0 Å². The van der Waals surface area contributed by atoms with Crippen molar-refractivity contribution in [3.05, 3.63) is 0 Å². The van der Waals surface area contributed by atoms with Gasteiger partial charge >= 0.3 is 17.9 Å². The van der Waals surface area contributed by atoms with Crippen molar-refractivity contribution < 1.29 is 28.6 Å². The number of rotatable bonds is 59. The molecule has 1 unspecified atom stereocenters. The van der Waals surface area contributed by atoms with E-state index in [0.29, 0.717) is 19.3 Å². The van der Waals surface area contributed by atoms with Crippen molar-refractivity contribution in [2.24, 2.45) is 11.8 Å². The summed E-state index contributed by atoms with van der Waals surface area (Å²) in [6.07, 6.45) is 63.9. The minimum Gasteiger partial charge on any atom is -0.462 e. The number of carbonyl (C=O) groups is 3. The maximum atomic E-state index is 12.9. The summed E-state index contributed by atoms with van der Waals surface area (Å²) in [5, 5.41) is 0. The lowest BCUT2D eigenvalue weighted by Crippen LogP contribution is -2.30. The smallest absolute Gasteiger partial charge is 0.306 e. The van der Waals surface area contributed by atoms with Crippen molar-refractivity contribution in [3.63, 3.8) is 0 Å². The summed E-state index contributed by atoms with van der Waals surface area (Å²) in [7, 11) is 0. The molecule has 2 atom stereocenters. The quantitative estimate of drug-likeness (QED) is 0.0343. The van der Waals surface area contributed by atoms with E-state index in [0.717, 1.165) is 69.6 Å². The highest BCUT2D eigenvalue weighted by molar-refractivity contribution is 5.71. The molecule has 0 saturated carbocycles. The Bertz CT molecular complexity index is 1090. The lowest BCUT2D eigenvalue weighted by molar-refractivity contribution is -0.167. The topological polar surface area (TPSA) is 78.9 Å². The van der Waals surface area contributed by atoms with Gasteiger partial charge in [0.2, 0.25) is 0 Å². The Morgan fingerprint density at radius 2 is 0.535 bits per heavy atom. The van der Waals surface area contributed by atoms with Crippen LogP contribution in [0, 0.1) is 11.8 Å². The number of ether oxygens (including phenoxy) is 3. The van der Waals surface area contributed by atoms with E-state index in [4.69, 9.17) is 14.2 Å². The predicted octanol–water partition coefficient (Wildman–Crippen LogP) is 21.6. The van der Waals surface area contributed by atoms with Crippen LogP contribution in [0.1, 0.15) is 369 Å². The number of unbranched alkanes of at least 4 members (excludes halogenated alkanes) is 43. The van der Waals surface area contributed by atoms with Gasteiger partial charge in [-0.05, 0) is 31.1 Å². The molecule has 0 heterocycles. The molecular weight excluding hydrogens is 877 g/mol. The molecule has 0 amide bonds. The Kier molecular flexibility index (Phi) is 56.4. The van der Waals surface area contributed by atoms with Gasteiger partial charge in [-0.3, -0.25) is 14.4 Å². The molecule has 6 nitrogen and oxygen atoms in total. The van der Waals surface area contributed by atoms with Crippen LogP contribution in [-0.2, 0) is 28.6 Å². The van der Waals surface area contributed by atoms with Crippen molar-refractivity contribution >= 4 is 17.9 Å². The molecule has 0 radical (unpaired) electrons. The molecule has 422 valence electrons. The summed E-state index contributed by atoms with van der Waals surface area (Å²) in [5.74, 6) is 0.935. The van der Waals surface area contributed by atoms with Crippen LogP contribution < -0.4 is 0 Å². The van der Waals surface area contributed by atoms with E-state index in [1.807, 2.05) is 0 Å². The molecule has 0 aromatic carbocycles. The molecule has 0 spiro atoms. The zero-order chi connectivity index (χ0) is 51.8. The SMILES string of the molecule is CCCCCCCCCCCCC(=O)OC[C@H](COC(=O)CCCCCCCCCCCCCCCCCCCCC(C)C)OC(=O)CCCCCCCCCCCCCCCCCCCCC(C)CC. The predicted molar refractivity (Wildman–Crippen MR) is 307 cm³/mol. The second-order valence-electron chi connectivity index (χ2n) is 23.1. The Balaban J connectivity index is 4.18. The van der Waals surface area contributed by atoms with Crippen LogP contribution in [0.15, 0.2) is 0 Å². The number of esters is 3. The van der Waals surface area contributed by atoms with E-state index in [1.54, 1.807) is 0 Å². The van der Waals surface area contributed by atoms with Crippen LogP contribution in [0.2, 0.25) is 0 Å². The molecule has 0 bridgehead atoms. The Labute approximate surface area is 444 Å². The largest absolute Gasteiger partial charge is 0.462 e. The normalized spacial score (nSPS) is 12.4. The fourth-order valence-corrected chi connectivity index (χ4v) is 10.1. The molecule has 6 heteroatoms. The standard InChI is InChI=1S/C65H126O6/c1-6-8-9-10-11-12-35-40-45-50-55-63(66)69-58-62(59-70-64(67)56-51-46-41-36-31-27-23-19-15-13-17-21-25-29-33-38-43-48-53-60(3)4)71-65(68)57-52-47-42-37-32-28-24-20-16-14-18-22-26-30-34-39-44-49-54-61(5)7-2/h60-62H,6-59H2,1-5H3/t61?,62-/m1/s1. The average Bonchev–Trinajstić information content (AvgIpc) is 3.36. The van der Waals surface area contributed by atoms with Crippen molar-refractivity contribution in [2.75, 3.05) is 13.2 Å². The summed E-state index contributed by atoms with van der Waals surface area (Å²) in [5.41, 5.74) is 0. The molecule has 0 aliphatic rings. The van der Waals surface area contributed by atoms with E-state index in [9.17, 15) is 14.4 Å². The molecule has 0 rings (SSSR count). The van der Waals surface area contributed by atoms with Crippen molar-refractivity contribution in [2.45, 2.75) is 375 Å². The molecule has 0 aromatic heterocycles.